The molecule has 0 aromatic heterocycles. The van der Waals surface area contributed by atoms with E-state index in [2.05, 4.69) is 26.9 Å². The van der Waals surface area contributed by atoms with Crippen LogP contribution in [0.2, 0.25) is 0 Å². The van der Waals surface area contributed by atoms with Gasteiger partial charge in [0, 0.05) is 29.7 Å². The van der Waals surface area contributed by atoms with E-state index in [-0.39, 0.29) is 0 Å². The topological polar surface area (TPSA) is 20.3 Å². The van der Waals surface area contributed by atoms with Crippen LogP contribution in [-0.4, -0.2) is 24.7 Å². The fraction of sp³-hybridized carbons (Fsp3) is 0.417. The first-order valence-electron chi connectivity index (χ1n) is 5.24. The van der Waals surface area contributed by atoms with Crippen molar-refractivity contribution >= 4 is 27.9 Å². The van der Waals surface area contributed by atoms with E-state index < -0.39 is 0 Å². The van der Waals surface area contributed by atoms with Crippen LogP contribution in [0.4, 0.5) is 5.69 Å². The highest BCUT2D eigenvalue weighted by atomic mass is 79.9. The third-order valence-electron chi connectivity index (χ3n) is 2.80. The fourth-order valence-electron chi connectivity index (χ4n) is 2.02. The largest absolute Gasteiger partial charge is 0.371 e. The lowest BCUT2D eigenvalue weighted by Gasteiger charge is -2.18. The fourth-order valence-corrected chi connectivity index (χ4v) is 2.27. The molecule has 1 aliphatic rings. The Morgan fingerprint density at radius 3 is 3.07 bits per heavy atom. The summed E-state index contributed by atoms with van der Waals surface area (Å²) in [5, 5.41) is 1.03. The summed E-state index contributed by atoms with van der Waals surface area (Å²) in [6.07, 6.45) is 3.17. The Labute approximate surface area is 98.4 Å². The van der Waals surface area contributed by atoms with Crippen molar-refractivity contribution in [2.24, 2.45) is 0 Å². The van der Waals surface area contributed by atoms with Crippen molar-refractivity contribution in [2.45, 2.75) is 12.8 Å². The normalized spacial score (nSPS) is 14.1. The average molecular weight is 268 g/mol. The SMILES string of the molecule is O=Cc1ccc2c(c1)N(CCCBr)CC2. The van der Waals surface area contributed by atoms with E-state index in [1.807, 2.05) is 12.1 Å². The summed E-state index contributed by atoms with van der Waals surface area (Å²) < 4.78 is 0. The minimum atomic E-state index is 0.777. The molecule has 0 amide bonds. The van der Waals surface area contributed by atoms with E-state index in [1.54, 1.807) is 0 Å². The van der Waals surface area contributed by atoms with Gasteiger partial charge in [0.05, 0.1) is 0 Å². The minimum Gasteiger partial charge on any atom is -0.371 e. The van der Waals surface area contributed by atoms with E-state index in [1.165, 1.54) is 11.3 Å². The van der Waals surface area contributed by atoms with Crippen molar-refractivity contribution in [1.29, 1.82) is 0 Å². The van der Waals surface area contributed by atoms with E-state index in [9.17, 15) is 4.79 Å². The third kappa shape index (κ3) is 2.23. The predicted molar refractivity (Wildman–Crippen MR) is 66.2 cm³/mol. The minimum absolute atomic E-state index is 0.777. The first-order chi connectivity index (χ1) is 7.35. The highest BCUT2D eigenvalue weighted by Gasteiger charge is 2.18. The van der Waals surface area contributed by atoms with Gasteiger partial charge in [0.1, 0.15) is 6.29 Å². The van der Waals surface area contributed by atoms with Crippen molar-refractivity contribution in [3.8, 4) is 0 Å². The molecule has 0 spiro atoms. The van der Waals surface area contributed by atoms with Crippen molar-refractivity contribution in [3.05, 3.63) is 29.3 Å². The van der Waals surface area contributed by atoms with Gasteiger partial charge in [0.2, 0.25) is 0 Å². The molecule has 1 aromatic carbocycles. The molecule has 0 unspecified atom stereocenters. The number of carbonyl (C=O) groups excluding carboxylic acids is 1. The van der Waals surface area contributed by atoms with Crippen LogP contribution in [0.3, 0.4) is 0 Å². The van der Waals surface area contributed by atoms with Gasteiger partial charge in [-0.1, -0.05) is 28.1 Å². The van der Waals surface area contributed by atoms with Gasteiger partial charge in [-0.2, -0.15) is 0 Å². The van der Waals surface area contributed by atoms with Gasteiger partial charge < -0.3 is 4.90 Å². The van der Waals surface area contributed by atoms with E-state index >= 15 is 0 Å². The van der Waals surface area contributed by atoms with E-state index in [4.69, 9.17) is 0 Å². The summed E-state index contributed by atoms with van der Waals surface area (Å²) in [6.45, 7) is 2.16. The van der Waals surface area contributed by atoms with Gasteiger partial charge >= 0.3 is 0 Å². The lowest BCUT2D eigenvalue weighted by atomic mass is 10.1. The molecule has 0 fully saturated rings. The molecule has 0 saturated carbocycles. The standard InChI is InChI=1S/C12H14BrNO/c13-5-1-6-14-7-4-11-3-2-10(9-15)8-12(11)14/h2-3,8-9H,1,4-7H2. The smallest absolute Gasteiger partial charge is 0.150 e. The second-order valence-electron chi connectivity index (χ2n) is 3.79. The molecule has 0 N–H and O–H groups in total. The Kier molecular flexibility index (Phi) is 3.41. The second kappa shape index (κ2) is 4.79. The van der Waals surface area contributed by atoms with Crippen molar-refractivity contribution in [2.75, 3.05) is 23.3 Å². The molecule has 2 rings (SSSR count). The third-order valence-corrected chi connectivity index (χ3v) is 3.36. The summed E-state index contributed by atoms with van der Waals surface area (Å²) in [5.74, 6) is 0. The molecule has 0 saturated heterocycles. The molecule has 0 aliphatic carbocycles. The lowest BCUT2D eigenvalue weighted by Crippen LogP contribution is -2.21. The maximum Gasteiger partial charge on any atom is 0.150 e. The Morgan fingerprint density at radius 2 is 2.33 bits per heavy atom. The molecular formula is C12H14BrNO. The molecule has 1 aliphatic heterocycles. The Bertz CT molecular complexity index is 365. The number of alkyl halides is 1. The van der Waals surface area contributed by atoms with Gasteiger partial charge in [0.25, 0.3) is 0 Å². The summed E-state index contributed by atoms with van der Waals surface area (Å²) >= 11 is 3.44. The number of nitrogens with zero attached hydrogens (tertiary/aromatic N) is 1. The zero-order valence-corrected chi connectivity index (χ0v) is 10.2. The first kappa shape index (κ1) is 10.7. The van der Waals surface area contributed by atoms with Gasteiger partial charge in [0.15, 0.2) is 0 Å². The number of rotatable bonds is 4. The molecule has 2 nitrogen and oxygen atoms in total. The monoisotopic (exact) mass is 267 g/mol. The number of anilines is 1. The quantitative estimate of drug-likeness (QED) is 0.618. The van der Waals surface area contributed by atoms with Crippen LogP contribution in [0, 0.1) is 0 Å². The van der Waals surface area contributed by atoms with Crippen LogP contribution < -0.4 is 4.90 Å². The van der Waals surface area contributed by atoms with Crippen LogP contribution in [0.1, 0.15) is 22.3 Å². The molecule has 1 heterocycles. The van der Waals surface area contributed by atoms with Crippen LogP contribution in [0.5, 0.6) is 0 Å². The van der Waals surface area contributed by atoms with Gasteiger partial charge in [-0.25, -0.2) is 0 Å². The Morgan fingerprint density at radius 1 is 1.47 bits per heavy atom. The van der Waals surface area contributed by atoms with E-state index in [0.29, 0.717) is 0 Å². The number of aldehydes is 1. The first-order valence-corrected chi connectivity index (χ1v) is 6.36. The van der Waals surface area contributed by atoms with Crippen LogP contribution in [0.25, 0.3) is 0 Å². The Balaban J connectivity index is 2.20. The molecule has 3 heteroatoms. The van der Waals surface area contributed by atoms with Crippen LogP contribution >= 0.6 is 15.9 Å². The second-order valence-corrected chi connectivity index (χ2v) is 4.58. The molecular weight excluding hydrogens is 254 g/mol. The summed E-state index contributed by atoms with van der Waals surface area (Å²) in [5.41, 5.74) is 3.40. The van der Waals surface area contributed by atoms with Crippen molar-refractivity contribution in [3.63, 3.8) is 0 Å². The van der Waals surface area contributed by atoms with Gasteiger partial charge in [-0.15, -0.1) is 0 Å². The molecule has 0 bridgehead atoms. The van der Waals surface area contributed by atoms with Gasteiger partial charge in [-0.05, 0) is 24.5 Å². The number of halogens is 1. The van der Waals surface area contributed by atoms with Gasteiger partial charge in [-0.3, -0.25) is 4.79 Å². The summed E-state index contributed by atoms with van der Waals surface area (Å²) in [7, 11) is 0. The highest BCUT2D eigenvalue weighted by molar-refractivity contribution is 9.09. The molecule has 15 heavy (non-hydrogen) atoms. The summed E-state index contributed by atoms with van der Waals surface area (Å²) in [4.78, 5) is 13.1. The predicted octanol–water partition coefficient (Wildman–Crippen LogP) is 2.65. The van der Waals surface area contributed by atoms with Crippen molar-refractivity contribution < 1.29 is 4.79 Å². The highest BCUT2D eigenvalue weighted by Crippen LogP contribution is 2.28. The lowest BCUT2D eigenvalue weighted by molar-refractivity contribution is 0.112. The Hall–Kier alpha value is -0.830. The number of hydrogen-bond donors (Lipinski definition) is 0. The number of carbonyl (C=O) groups is 1. The number of hydrogen-bond acceptors (Lipinski definition) is 2. The zero-order valence-electron chi connectivity index (χ0n) is 8.58. The molecule has 1 aromatic rings. The molecule has 80 valence electrons. The average Bonchev–Trinajstić information content (AvgIpc) is 2.68. The van der Waals surface area contributed by atoms with E-state index in [0.717, 1.165) is 43.1 Å². The maximum absolute atomic E-state index is 10.7. The molecule has 0 radical (unpaired) electrons. The number of fused-ring (bicyclic) bond motifs is 1. The summed E-state index contributed by atoms with van der Waals surface area (Å²) in [6, 6.07) is 5.98. The van der Waals surface area contributed by atoms with Crippen LogP contribution in [-0.2, 0) is 6.42 Å². The van der Waals surface area contributed by atoms with Crippen molar-refractivity contribution in [1.82, 2.24) is 0 Å². The molecule has 0 atom stereocenters. The zero-order chi connectivity index (χ0) is 10.7. The number of benzene rings is 1. The maximum atomic E-state index is 10.7. The van der Waals surface area contributed by atoms with Crippen LogP contribution in [0.15, 0.2) is 18.2 Å².